The second-order valence-corrected chi connectivity index (χ2v) is 7.38. The van der Waals surface area contributed by atoms with Crippen LogP contribution in [0.25, 0.3) is 0 Å². The second kappa shape index (κ2) is 11.8. The highest BCUT2D eigenvalue weighted by atomic mass is 16.5. The maximum Gasteiger partial charge on any atom is 0.290 e. The van der Waals surface area contributed by atoms with Crippen LogP contribution in [0, 0.1) is 0 Å². The summed E-state index contributed by atoms with van der Waals surface area (Å²) in [7, 11) is 0. The van der Waals surface area contributed by atoms with Crippen molar-refractivity contribution in [3.8, 4) is 0 Å². The molecule has 1 N–H and O–H groups in total. The number of carboxylic acid groups (broad SMARTS) is 1. The van der Waals surface area contributed by atoms with E-state index in [1.807, 2.05) is 13.8 Å². The molecule has 29 heavy (non-hydrogen) atoms. The molecule has 0 saturated carbocycles. The lowest BCUT2D eigenvalue weighted by Crippen LogP contribution is -2.20. The van der Waals surface area contributed by atoms with E-state index < -0.39 is 0 Å². The van der Waals surface area contributed by atoms with Crippen molar-refractivity contribution in [2.24, 2.45) is 10.2 Å². The molecular formula is C24H32N2O3. The Kier molecular flexibility index (Phi) is 9.80. The van der Waals surface area contributed by atoms with Crippen LogP contribution in [0.1, 0.15) is 59.1 Å². The Hall–Kier alpha value is -2.95. The smallest absolute Gasteiger partial charge is 0.290 e. The molecular weight excluding hydrogens is 364 g/mol. The van der Waals surface area contributed by atoms with E-state index >= 15 is 0 Å². The topological polar surface area (TPSA) is 71.2 Å². The molecule has 0 atom stereocenters. The highest BCUT2D eigenvalue weighted by Crippen LogP contribution is 2.23. The van der Waals surface area contributed by atoms with Gasteiger partial charge >= 0.3 is 0 Å². The molecule has 3 rings (SSSR count). The Morgan fingerprint density at radius 2 is 1.72 bits per heavy atom. The van der Waals surface area contributed by atoms with Gasteiger partial charge in [0.15, 0.2) is 0 Å². The molecule has 1 aromatic carbocycles. The Balaban J connectivity index is 0.000000771. The molecule has 0 saturated heterocycles. The first-order valence-electron chi connectivity index (χ1n) is 9.85. The van der Waals surface area contributed by atoms with Crippen LogP contribution in [-0.2, 0) is 14.9 Å². The quantitative estimate of drug-likeness (QED) is 0.654. The molecule has 5 nitrogen and oxygen atoms in total. The van der Waals surface area contributed by atoms with Crippen LogP contribution in [-0.4, -0.2) is 29.8 Å². The summed E-state index contributed by atoms with van der Waals surface area (Å²) in [5, 5.41) is 15.6. The molecule has 1 aliphatic heterocycles. The van der Waals surface area contributed by atoms with E-state index in [0.717, 1.165) is 23.3 Å². The number of benzene rings is 1. The van der Waals surface area contributed by atoms with Crippen molar-refractivity contribution in [3.63, 3.8) is 0 Å². The Bertz CT molecular complexity index is 818. The number of hydrogen-bond acceptors (Lipinski definition) is 4. The summed E-state index contributed by atoms with van der Waals surface area (Å²) in [6.45, 7) is 12.9. The van der Waals surface area contributed by atoms with Crippen molar-refractivity contribution < 1.29 is 14.6 Å². The summed E-state index contributed by atoms with van der Waals surface area (Å²) in [6.07, 6.45) is 9.31. The zero-order valence-electron chi connectivity index (χ0n) is 18.3. The highest BCUT2D eigenvalue weighted by molar-refractivity contribution is 6.06. The van der Waals surface area contributed by atoms with Gasteiger partial charge in [-0.25, -0.2) is 0 Å². The summed E-state index contributed by atoms with van der Waals surface area (Å²) in [5.74, 6) is 0.593. The molecule has 1 heterocycles. The summed E-state index contributed by atoms with van der Waals surface area (Å²) in [4.78, 5) is 8.36. The van der Waals surface area contributed by atoms with Crippen LogP contribution in [0.4, 0.5) is 0 Å². The third kappa shape index (κ3) is 7.53. The van der Waals surface area contributed by atoms with Gasteiger partial charge in [0.2, 0.25) is 5.90 Å². The number of carbonyl (C=O) groups is 1. The van der Waals surface area contributed by atoms with Crippen LogP contribution in [0.3, 0.4) is 0 Å². The molecule has 1 aromatic rings. The zero-order chi connectivity index (χ0) is 21.9. The van der Waals surface area contributed by atoms with E-state index in [4.69, 9.17) is 14.6 Å². The molecule has 0 unspecified atom stereocenters. The van der Waals surface area contributed by atoms with E-state index in [2.05, 4.69) is 86.5 Å². The van der Waals surface area contributed by atoms with Crippen molar-refractivity contribution in [1.82, 2.24) is 0 Å². The Morgan fingerprint density at radius 1 is 1.10 bits per heavy atom. The van der Waals surface area contributed by atoms with Gasteiger partial charge in [0.05, 0.1) is 0 Å². The summed E-state index contributed by atoms with van der Waals surface area (Å²) in [6, 6.07) is 8.37. The van der Waals surface area contributed by atoms with Gasteiger partial charge in [-0.1, -0.05) is 76.6 Å². The normalized spacial score (nSPS) is 15.5. The van der Waals surface area contributed by atoms with Crippen molar-refractivity contribution in [1.29, 1.82) is 0 Å². The maximum atomic E-state index is 8.36. The number of rotatable bonds is 2. The minimum Gasteiger partial charge on any atom is -0.483 e. The van der Waals surface area contributed by atoms with Gasteiger partial charge in [-0.15, -0.1) is 10.2 Å². The number of ether oxygens (including phenoxy) is 1. The number of hydrogen-bond donors (Lipinski definition) is 1. The highest BCUT2D eigenvalue weighted by Gasteiger charge is 2.17. The predicted octanol–water partition coefficient (Wildman–Crippen LogP) is 5.68. The fraction of sp³-hybridized carbons (Fsp3) is 0.375. The van der Waals surface area contributed by atoms with Crippen LogP contribution in [0.15, 0.2) is 69.9 Å². The summed E-state index contributed by atoms with van der Waals surface area (Å²) >= 11 is 0. The second-order valence-electron chi connectivity index (χ2n) is 7.38. The Labute approximate surface area is 174 Å². The first-order valence-corrected chi connectivity index (χ1v) is 9.85. The molecule has 0 spiro atoms. The fourth-order valence-corrected chi connectivity index (χ4v) is 2.65. The third-order valence-corrected chi connectivity index (χ3v) is 4.28. The average Bonchev–Trinajstić information content (AvgIpc) is 2.94. The van der Waals surface area contributed by atoms with Gasteiger partial charge in [-0.3, -0.25) is 4.79 Å². The molecule has 0 amide bonds. The molecule has 156 valence electrons. The first kappa shape index (κ1) is 24.1. The molecule has 0 fully saturated rings. The molecule has 0 aromatic heterocycles. The summed E-state index contributed by atoms with van der Waals surface area (Å²) in [5.41, 5.74) is 5.74. The van der Waals surface area contributed by atoms with Gasteiger partial charge in [-0.2, -0.15) is 0 Å². The van der Waals surface area contributed by atoms with Crippen LogP contribution in [0.5, 0.6) is 0 Å². The van der Waals surface area contributed by atoms with Crippen molar-refractivity contribution in [3.05, 3.63) is 70.8 Å². The zero-order valence-corrected chi connectivity index (χ0v) is 18.3. The van der Waals surface area contributed by atoms with Gasteiger partial charge < -0.3 is 9.84 Å². The molecule has 1 aliphatic carbocycles. The fourth-order valence-electron chi connectivity index (χ4n) is 2.65. The lowest BCUT2D eigenvalue weighted by Gasteiger charge is -2.20. The van der Waals surface area contributed by atoms with Gasteiger partial charge in [0, 0.05) is 5.56 Å². The van der Waals surface area contributed by atoms with Crippen molar-refractivity contribution in [2.45, 2.75) is 53.4 Å². The van der Waals surface area contributed by atoms with Crippen molar-refractivity contribution >= 4 is 18.1 Å². The predicted molar refractivity (Wildman–Crippen MR) is 121 cm³/mol. The summed E-state index contributed by atoms with van der Waals surface area (Å²) < 4.78 is 5.86. The van der Waals surface area contributed by atoms with E-state index in [-0.39, 0.29) is 11.9 Å². The van der Waals surface area contributed by atoms with E-state index in [1.54, 1.807) is 0 Å². The van der Waals surface area contributed by atoms with E-state index in [0.29, 0.717) is 12.5 Å². The van der Waals surface area contributed by atoms with Crippen LogP contribution < -0.4 is 0 Å². The lowest BCUT2D eigenvalue weighted by molar-refractivity contribution is -0.122. The standard InChI is InChI=1S/C21H24N2O.C2H6.CH2O2/c1-15-6-5-7-16(9-8-15)19-14-24-20(23-22-19)17-10-12-18(13-11-17)21(2,3)4;1-2;2-1-3/h5-8,10-13H,9,14H2,1-4H3;1-2H3;1H,(H,2,3). The van der Waals surface area contributed by atoms with Gasteiger partial charge in [0.25, 0.3) is 6.47 Å². The molecule has 0 bridgehead atoms. The first-order chi connectivity index (χ1) is 13.8. The number of nitrogens with zero attached hydrogens (tertiary/aromatic N) is 2. The Morgan fingerprint density at radius 3 is 2.24 bits per heavy atom. The third-order valence-electron chi connectivity index (χ3n) is 4.28. The molecule has 2 aliphatic rings. The minimum absolute atomic E-state index is 0.143. The largest absolute Gasteiger partial charge is 0.483 e. The molecule has 5 heteroatoms. The lowest BCUT2D eigenvalue weighted by atomic mass is 9.87. The number of allylic oxidation sites excluding steroid dienone is 5. The van der Waals surface area contributed by atoms with E-state index in [1.165, 1.54) is 11.1 Å². The van der Waals surface area contributed by atoms with Gasteiger partial charge in [0.1, 0.15) is 12.3 Å². The monoisotopic (exact) mass is 396 g/mol. The van der Waals surface area contributed by atoms with Crippen LogP contribution in [0.2, 0.25) is 0 Å². The van der Waals surface area contributed by atoms with Crippen molar-refractivity contribution in [2.75, 3.05) is 6.61 Å². The van der Waals surface area contributed by atoms with Crippen LogP contribution >= 0.6 is 0 Å². The maximum absolute atomic E-state index is 8.36. The average molecular weight is 397 g/mol. The SMILES string of the molecule is CC.CC1=CCC(C2=NN=C(c3ccc(C(C)(C)C)cc3)OC2)=CC=C1.O=CO. The molecule has 0 radical (unpaired) electrons. The minimum atomic E-state index is -0.250. The van der Waals surface area contributed by atoms with Gasteiger partial charge in [-0.05, 0) is 42.0 Å². The van der Waals surface area contributed by atoms with E-state index in [9.17, 15) is 0 Å².